The Bertz CT molecular complexity index is 813. The van der Waals surface area contributed by atoms with E-state index in [2.05, 4.69) is 26.2 Å². The lowest BCUT2D eigenvalue weighted by Gasteiger charge is -2.12. The molecule has 0 unspecified atom stereocenters. The topological polar surface area (TPSA) is 44.9 Å². The SMILES string of the molecule is Cc1cc(Br)cc(C)c1NC(=O)c1ccc2[nH]ccc2c1. The summed E-state index contributed by atoms with van der Waals surface area (Å²) < 4.78 is 1.02. The minimum atomic E-state index is -0.0911. The number of hydrogen-bond acceptors (Lipinski definition) is 1. The van der Waals surface area contributed by atoms with E-state index in [-0.39, 0.29) is 5.91 Å². The second kappa shape index (κ2) is 5.37. The predicted octanol–water partition coefficient (Wildman–Crippen LogP) is 4.80. The summed E-state index contributed by atoms with van der Waals surface area (Å²) >= 11 is 3.46. The van der Waals surface area contributed by atoms with Crippen molar-refractivity contribution in [1.29, 1.82) is 0 Å². The number of fused-ring (bicyclic) bond motifs is 1. The number of rotatable bonds is 2. The van der Waals surface area contributed by atoms with Gasteiger partial charge < -0.3 is 10.3 Å². The van der Waals surface area contributed by atoms with Crippen LogP contribution in [0.5, 0.6) is 0 Å². The summed E-state index contributed by atoms with van der Waals surface area (Å²) in [5, 5.41) is 4.04. The van der Waals surface area contributed by atoms with E-state index >= 15 is 0 Å². The first kappa shape index (κ1) is 13.9. The van der Waals surface area contributed by atoms with Gasteiger partial charge in [-0.25, -0.2) is 0 Å². The fourth-order valence-corrected chi connectivity index (χ4v) is 3.17. The van der Waals surface area contributed by atoms with Gasteiger partial charge in [0.05, 0.1) is 0 Å². The van der Waals surface area contributed by atoms with E-state index in [1.807, 2.05) is 56.4 Å². The summed E-state index contributed by atoms with van der Waals surface area (Å²) in [6.07, 6.45) is 1.87. The van der Waals surface area contributed by atoms with Gasteiger partial charge in [-0.1, -0.05) is 15.9 Å². The number of anilines is 1. The van der Waals surface area contributed by atoms with Crippen molar-refractivity contribution in [3.8, 4) is 0 Å². The molecule has 2 aromatic carbocycles. The molecule has 0 saturated heterocycles. The summed E-state index contributed by atoms with van der Waals surface area (Å²) in [5.41, 5.74) is 4.64. The molecule has 0 radical (unpaired) electrons. The fraction of sp³-hybridized carbons (Fsp3) is 0.118. The summed E-state index contributed by atoms with van der Waals surface area (Å²) in [6.45, 7) is 3.98. The third kappa shape index (κ3) is 2.72. The van der Waals surface area contributed by atoms with E-state index in [4.69, 9.17) is 0 Å². The summed E-state index contributed by atoms with van der Waals surface area (Å²) in [6, 6.07) is 11.6. The molecule has 0 atom stereocenters. The van der Waals surface area contributed by atoms with Crippen molar-refractivity contribution in [2.45, 2.75) is 13.8 Å². The second-order valence-electron chi connectivity index (χ2n) is 5.15. The van der Waals surface area contributed by atoms with Crippen LogP contribution in [0.25, 0.3) is 10.9 Å². The monoisotopic (exact) mass is 342 g/mol. The first-order chi connectivity index (χ1) is 10.0. The van der Waals surface area contributed by atoms with Crippen LogP contribution in [0.2, 0.25) is 0 Å². The Balaban J connectivity index is 1.92. The number of aromatic nitrogens is 1. The van der Waals surface area contributed by atoms with Crippen LogP contribution in [0.4, 0.5) is 5.69 Å². The Labute approximate surface area is 131 Å². The van der Waals surface area contributed by atoms with Crippen molar-refractivity contribution in [3.05, 3.63) is 63.8 Å². The molecule has 0 fully saturated rings. The number of aromatic amines is 1. The number of hydrogen-bond donors (Lipinski definition) is 2. The van der Waals surface area contributed by atoms with Gasteiger partial charge in [0.15, 0.2) is 0 Å². The van der Waals surface area contributed by atoms with Crippen molar-refractivity contribution in [1.82, 2.24) is 4.98 Å². The van der Waals surface area contributed by atoms with Crippen LogP contribution >= 0.6 is 15.9 Å². The Morgan fingerprint density at radius 1 is 1.10 bits per heavy atom. The maximum absolute atomic E-state index is 12.4. The third-order valence-corrected chi connectivity index (χ3v) is 4.01. The van der Waals surface area contributed by atoms with Crippen molar-refractivity contribution >= 4 is 38.4 Å². The lowest BCUT2D eigenvalue weighted by atomic mass is 10.1. The zero-order chi connectivity index (χ0) is 15.0. The highest BCUT2D eigenvalue weighted by Crippen LogP contribution is 2.26. The van der Waals surface area contributed by atoms with Crippen LogP contribution in [0.1, 0.15) is 21.5 Å². The van der Waals surface area contributed by atoms with Gasteiger partial charge >= 0.3 is 0 Å². The Morgan fingerprint density at radius 3 is 2.52 bits per heavy atom. The highest BCUT2D eigenvalue weighted by atomic mass is 79.9. The van der Waals surface area contributed by atoms with Crippen LogP contribution in [0.3, 0.4) is 0 Å². The molecule has 3 nitrogen and oxygen atoms in total. The van der Waals surface area contributed by atoms with Crippen LogP contribution in [0.15, 0.2) is 47.1 Å². The van der Waals surface area contributed by atoms with Crippen LogP contribution in [0, 0.1) is 13.8 Å². The van der Waals surface area contributed by atoms with Crippen molar-refractivity contribution in [3.63, 3.8) is 0 Å². The molecule has 3 aromatic rings. The Morgan fingerprint density at radius 2 is 1.81 bits per heavy atom. The Kier molecular flexibility index (Phi) is 3.55. The van der Waals surface area contributed by atoms with E-state index in [0.717, 1.165) is 32.2 Å². The number of nitrogens with one attached hydrogen (secondary N) is 2. The van der Waals surface area contributed by atoms with Gasteiger partial charge in [0, 0.05) is 32.8 Å². The molecule has 0 aliphatic heterocycles. The van der Waals surface area contributed by atoms with Gasteiger partial charge in [-0.15, -0.1) is 0 Å². The average molecular weight is 343 g/mol. The Hall–Kier alpha value is -2.07. The standard InChI is InChI=1S/C17H15BrN2O/c1-10-7-14(18)8-11(2)16(10)20-17(21)13-3-4-15-12(9-13)5-6-19-15/h3-9,19H,1-2H3,(H,20,21). The fourth-order valence-electron chi connectivity index (χ4n) is 2.49. The summed E-state index contributed by atoms with van der Waals surface area (Å²) in [7, 11) is 0. The van der Waals surface area contributed by atoms with Gasteiger partial charge in [-0.2, -0.15) is 0 Å². The largest absolute Gasteiger partial charge is 0.361 e. The lowest BCUT2D eigenvalue weighted by molar-refractivity contribution is 0.102. The van der Waals surface area contributed by atoms with Gasteiger partial charge in [-0.3, -0.25) is 4.79 Å². The van der Waals surface area contributed by atoms with Gasteiger partial charge in [0.1, 0.15) is 0 Å². The molecule has 1 heterocycles. The molecule has 0 saturated carbocycles. The van der Waals surface area contributed by atoms with Gasteiger partial charge in [0.2, 0.25) is 0 Å². The number of carbonyl (C=O) groups is 1. The van der Waals surface area contributed by atoms with Crippen LogP contribution in [-0.2, 0) is 0 Å². The molecule has 2 N–H and O–H groups in total. The molecule has 0 bridgehead atoms. The molecular weight excluding hydrogens is 328 g/mol. The molecule has 1 amide bonds. The molecule has 106 valence electrons. The minimum Gasteiger partial charge on any atom is -0.361 e. The van der Waals surface area contributed by atoms with Crippen molar-refractivity contribution < 1.29 is 4.79 Å². The molecule has 0 spiro atoms. The first-order valence-electron chi connectivity index (χ1n) is 6.70. The van der Waals surface area contributed by atoms with E-state index in [1.165, 1.54) is 0 Å². The highest BCUT2D eigenvalue weighted by Gasteiger charge is 2.11. The number of H-pyrrole nitrogens is 1. The van der Waals surface area contributed by atoms with E-state index in [1.54, 1.807) is 0 Å². The minimum absolute atomic E-state index is 0.0911. The van der Waals surface area contributed by atoms with E-state index in [0.29, 0.717) is 5.56 Å². The second-order valence-corrected chi connectivity index (χ2v) is 6.06. The maximum Gasteiger partial charge on any atom is 0.255 e. The number of halogens is 1. The molecule has 0 aliphatic rings. The number of benzene rings is 2. The summed E-state index contributed by atoms with van der Waals surface area (Å²) in [4.78, 5) is 15.6. The third-order valence-electron chi connectivity index (χ3n) is 3.55. The molecule has 21 heavy (non-hydrogen) atoms. The lowest BCUT2D eigenvalue weighted by Crippen LogP contribution is -2.13. The molecule has 4 heteroatoms. The predicted molar refractivity (Wildman–Crippen MR) is 89.9 cm³/mol. The number of carbonyl (C=O) groups excluding carboxylic acids is 1. The smallest absolute Gasteiger partial charge is 0.255 e. The quantitative estimate of drug-likeness (QED) is 0.690. The number of amides is 1. The van der Waals surface area contributed by atoms with E-state index in [9.17, 15) is 4.79 Å². The molecule has 1 aromatic heterocycles. The highest BCUT2D eigenvalue weighted by molar-refractivity contribution is 9.10. The first-order valence-corrected chi connectivity index (χ1v) is 7.49. The van der Waals surface area contributed by atoms with Crippen LogP contribution in [-0.4, -0.2) is 10.9 Å². The van der Waals surface area contributed by atoms with Gasteiger partial charge in [0.25, 0.3) is 5.91 Å². The summed E-state index contributed by atoms with van der Waals surface area (Å²) in [5.74, 6) is -0.0911. The normalized spacial score (nSPS) is 10.8. The molecule has 3 rings (SSSR count). The zero-order valence-corrected chi connectivity index (χ0v) is 13.4. The van der Waals surface area contributed by atoms with Crippen molar-refractivity contribution in [2.24, 2.45) is 0 Å². The number of aryl methyl sites for hydroxylation is 2. The van der Waals surface area contributed by atoms with Crippen LogP contribution < -0.4 is 5.32 Å². The molecular formula is C17H15BrN2O. The zero-order valence-electron chi connectivity index (χ0n) is 11.8. The van der Waals surface area contributed by atoms with Gasteiger partial charge in [-0.05, 0) is 61.4 Å². The maximum atomic E-state index is 12.4. The van der Waals surface area contributed by atoms with E-state index < -0.39 is 0 Å². The average Bonchev–Trinajstić information content (AvgIpc) is 2.89. The van der Waals surface area contributed by atoms with Crippen molar-refractivity contribution in [2.75, 3.05) is 5.32 Å². The molecule has 0 aliphatic carbocycles.